The molecule has 0 aromatic carbocycles. The van der Waals surface area contributed by atoms with Gasteiger partial charge in [-0.25, -0.2) is 18.6 Å². The lowest BCUT2D eigenvalue weighted by molar-refractivity contribution is -0.0267. The SMILES string of the molecule is Cc1c(C(=O)O)ccnc1N1CC(F)(F)C1. The number of aromatic nitrogens is 1. The van der Waals surface area contributed by atoms with Crippen molar-refractivity contribution < 1.29 is 18.7 Å². The number of aromatic carboxylic acids is 1. The van der Waals surface area contributed by atoms with Gasteiger partial charge in [0.1, 0.15) is 5.82 Å². The molecule has 2 rings (SSSR count). The maximum absolute atomic E-state index is 12.7. The van der Waals surface area contributed by atoms with E-state index in [0.29, 0.717) is 11.4 Å². The second-order valence-corrected chi connectivity index (χ2v) is 3.82. The minimum Gasteiger partial charge on any atom is -0.478 e. The Hall–Kier alpha value is -1.72. The van der Waals surface area contributed by atoms with Crippen molar-refractivity contribution in [1.29, 1.82) is 0 Å². The van der Waals surface area contributed by atoms with E-state index in [-0.39, 0.29) is 5.56 Å². The molecule has 1 aromatic rings. The molecule has 0 spiro atoms. The molecular weight excluding hydrogens is 218 g/mol. The summed E-state index contributed by atoms with van der Waals surface area (Å²) in [5.74, 6) is -3.44. The van der Waals surface area contributed by atoms with E-state index in [2.05, 4.69) is 4.98 Å². The van der Waals surface area contributed by atoms with Crippen LogP contribution in [0.25, 0.3) is 0 Å². The molecule has 0 radical (unpaired) electrons. The Balaban J connectivity index is 2.30. The zero-order valence-electron chi connectivity index (χ0n) is 8.57. The number of carboxylic acid groups (broad SMARTS) is 1. The summed E-state index contributed by atoms with van der Waals surface area (Å²) >= 11 is 0. The second kappa shape index (κ2) is 3.40. The van der Waals surface area contributed by atoms with Gasteiger partial charge in [-0.15, -0.1) is 0 Å². The highest BCUT2D eigenvalue weighted by Gasteiger charge is 2.45. The fraction of sp³-hybridized carbons (Fsp3) is 0.400. The summed E-state index contributed by atoms with van der Waals surface area (Å²) in [5, 5.41) is 8.87. The Labute approximate surface area is 90.5 Å². The highest BCUT2D eigenvalue weighted by molar-refractivity contribution is 5.90. The van der Waals surface area contributed by atoms with E-state index in [0.717, 1.165) is 0 Å². The fourth-order valence-electron chi connectivity index (χ4n) is 1.74. The molecule has 0 atom stereocenters. The number of pyridine rings is 1. The zero-order chi connectivity index (χ0) is 11.9. The quantitative estimate of drug-likeness (QED) is 0.834. The Kier molecular flexibility index (Phi) is 2.29. The van der Waals surface area contributed by atoms with Gasteiger partial charge in [0.15, 0.2) is 0 Å². The van der Waals surface area contributed by atoms with Crippen molar-refractivity contribution in [2.24, 2.45) is 0 Å². The van der Waals surface area contributed by atoms with Crippen LogP contribution in [0.15, 0.2) is 12.3 Å². The molecule has 1 aromatic heterocycles. The van der Waals surface area contributed by atoms with Gasteiger partial charge in [-0.2, -0.15) is 0 Å². The van der Waals surface area contributed by atoms with Gasteiger partial charge in [-0.05, 0) is 13.0 Å². The van der Waals surface area contributed by atoms with Crippen LogP contribution in [0.4, 0.5) is 14.6 Å². The molecule has 0 amide bonds. The summed E-state index contributed by atoms with van der Waals surface area (Å²) in [7, 11) is 0. The fourth-order valence-corrected chi connectivity index (χ4v) is 1.74. The Bertz CT molecular complexity index is 440. The standard InChI is InChI=1S/C10H10F2N2O2/c1-6-7(9(15)16)2-3-13-8(6)14-4-10(11,12)5-14/h2-3H,4-5H2,1H3,(H,15,16). The third-order valence-corrected chi connectivity index (χ3v) is 2.55. The normalized spacial score (nSPS) is 18.1. The molecule has 4 nitrogen and oxygen atoms in total. The Morgan fingerprint density at radius 3 is 2.69 bits per heavy atom. The molecule has 0 saturated carbocycles. The van der Waals surface area contributed by atoms with Crippen LogP contribution in [0.3, 0.4) is 0 Å². The first-order valence-electron chi connectivity index (χ1n) is 4.72. The van der Waals surface area contributed by atoms with Crippen LogP contribution in [0, 0.1) is 6.92 Å². The van der Waals surface area contributed by atoms with Crippen molar-refractivity contribution in [3.05, 3.63) is 23.4 Å². The minimum atomic E-state index is -2.69. The summed E-state index contributed by atoms with van der Waals surface area (Å²) in [6, 6.07) is 1.36. The molecule has 16 heavy (non-hydrogen) atoms. The first-order chi connectivity index (χ1) is 7.41. The van der Waals surface area contributed by atoms with E-state index in [4.69, 9.17) is 5.11 Å². The van der Waals surface area contributed by atoms with Crippen LogP contribution in [-0.2, 0) is 0 Å². The maximum Gasteiger partial charge on any atom is 0.336 e. The smallest absolute Gasteiger partial charge is 0.336 e. The molecule has 2 heterocycles. The topological polar surface area (TPSA) is 53.4 Å². The molecule has 1 fully saturated rings. The highest BCUT2D eigenvalue weighted by atomic mass is 19.3. The van der Waals surface area contributed by atoms with Gasteiger partial charge in [-0.1, -0.05) is 0 Å². The first kappa shape index (κ1) is 10.8. The van der Waals surface area contributed by atoms with E-state index < -0.39 is 25.0 Å². The number of rotatable bonds is 2. The predicted octanol–water partition coefficient (Wildman–Crippen LogP) is 1.54. The molecule has 1 aliphatic rings. The maximum atomic E-state index is 12.7. The van der Waals surface area contributed by atoms with Crippen LogP contribution in [0.2, 0.25) is 0 Å². The van der Waals surface area contributed by atoms with Crippen molar-refractivity contribution in [3.8, 4) is 0 Å². The molecule has 1 saturated heterocycles. The average Bonchev–Trinajstić information content (AvgIpc) is 2.14. The van der Waals surface area contributed by atoms with Crippen molar-refractivity contribution in [2.75, 3.05) is 18.0 Å². The van der Waals surface area contributed by atoms with Gasteiger partial charge in [0.25, 0.3) is 5.92 Å². The van der Waals surface area contributed by atoms with Crippen LogP contribution in [0.1, 0.15) is 15.9 Å². The van der Waals surface area contributed by atoms with E-state index in [1.807, 2.05) is 0 Å². The van der Waals surface area contributed by atoms with Gasteiger partial charge in [-0.3, -0.25) is 0 Å². The lowest BCUT2D eigenvalue weighted by Crippen LogP contribution is -2.57. The lowest BCUT2D eigenvalue weighted by atomic mass is 10.1. The Morgan fingerprint density at radius 1 is 1.56 bits per heavy atom. The summed E-state index contributed by atoms with van der Waals surface area (Å²) in [5.41, 5.74) is 0.519. The monoisotopic (exact) mass is 228 g/mol. The summed E-state index contributed by atoms with van der Waals surface area (Å²) in [4.78, 5) is 16.2. The largest absolute Gasteiger partial charge is 0.478 e. The minimum absolute atomic E-state index is 0.0974. The predicted molar refractivity (Wildman–Crippen MR) is 53.1 cm³/mol. The molecule has 0 aliphatic carbocycles. The second-order valence-electron chi connectivity index (χ2n) is 3.82. The Morgan fingerprint density at radius 2 is 2.19 bits per heavy atom. The van der Waals surface area contributed by atoms with Crippen molar-refractivity contribution in [3.63, 3.8) is 0 Å². The number of nitrogens with zero attached hydrogens (tertiary/aromatic N) is 2. The molecule has 0 bridgehead atoms. The molecule has 1 N–H and O–H groups in total. The molecule has 0 unspecified atom stereocenters. The number of carboxylic acids is 1. The molecule has 86 valence electrons. The van der Waals surface area contributed by atoms with Gasteiger partial charge < -0.3 is 10.0 Å². The highest BCUT2D eigenvalue weighted by Crippen LogP contribution is 2.32. The number of hydrogen-bond donors (Lipinski definition) is 1. The van der Waals surface area contributed by atoms with E-state index >= 15 is 0 Å². The van der Waals surface area contributed by atoms with Crippen molar-refractivity contribution >= 4 is 11.8 Å². The van der Waals surface area contributed by atoms with Crippen LogP contribution < -0.4 is 4.90 Å². The van der Waals surface area contributed by atoms with Gasteiger partial charge in [0, 0.05) is 11.8 Å². The molecule has 1 aliphatic heterocycles. The van der Waals surface area contributed by atoms with E-state index in [9.17, 15) is 13.6 Å². The van der Waals surface area contributed by atoms with Gasteiger partial charge in [0.2, 0.25) is 0 Å². The lowest BCUT2D eigenvalue weighted by Gasteiger charge is -2.40. The zero-order valence-corrected chi connectivity index (χ0v) is 8.57. The number of alkyl halides is 2. The summed E-state index contributed by atoms with van der Waals surface area (Å²) in [6.45, 7) is 0.774. The molecular formula is C10H10F2N2O2. The third-order valence-electron chi connectivity index (χ3n) is 2.55. The van der Waals surface area contributed by atoms with E-state index in [1.54, 1.807) is 6.92 Å². The third kappa shape index (κ3) is 1.70. The summed E-state index contributed by atoms with van der Waals surface area (Å²) < 4.78 is 25.4. The number of halogens is 2. The van der Waals surface area contributed by atoms with Gasteiger partial charge >= 0.3 is 5.97 Å². The average molecular weight is 228 g/mol. The van der Waals surface area contributed by atoms with Crippen LogP contribution >= 0.6 is 0 Å². The van der Waals surface area contributed by atoms with Crippen LogP contribution in [-0.4, -0.2) is 35.1 Å². The summed E-state index contributed by atoms with van der Waals surface area (Å²) in [6.07, 6.45) is 1.32. The van der Waals surface area contributed by atoms with E-state index in [1.165, 1.54) is 17.2 Å². The van der Waals surface area contributed by atoms with Crippen LogP contribution in [0.5, 0.6) is 0 Å². The number of hydrogen-bond acceptors (Lipinski definition) is 3. The molecule has 6 heteroatoms. The number of anilines is 1. The number of carbonyl (C=O) groups is 1. The van der Waals surface area contributed by atoms with Crippen molar-refractivity contribution in [2.45, 2.75) is 12.8 Å². The first-order valence-corrected chi connectivity index (χ1v) is 4.72. The van der Waals surface area contributed by atoms with Crippen molar-refractivity contribution in [1.82, 2.24) is 4.98 Å². The van der Waals surface area contributed by atoms with Gasteiger partial charge in [0.05, 0.1) is 18.7 Å².